The van der Waals surface area contributed by atoms with Crippen molar-refractivity contribution in [1.82, 2.24) is 5.32 Å². The van der Waals surface area contributed by atoms with Crippen LogP contribution in [-0.2, 0) is 4.79 Å². The normalized spacial score (nSPS) is 14.9. The fraction of sp³-hybridized carbons (Fsp3) is 0.833. The number of amides is 1. The van der Waals surface area contributed by atoms with E-state index in [4.69, 9.17) is 0 Å². The molecule has 0 saturated heterocycles. The molecule has 2 atom stereocenters. The maximum absolute atomic E-state index is 11.4. The van der Waals surface area contributed by atoms with Crippen LogP contribution in [0, 0.1) is 12.3 Å². The van der Waals surface area contributed by atoms with Crippen LogP contribution < -0.4 is 5.32 Å². The van der Waals surface area contributed by atoms with E-state index in [0.717, 1.165) is 25.7 Å². The van der Waals surface area contributed by atoms with Gasteiger partial charge in [0.2, 0.25) is 5.91 Å². The van der Waals surface area contributed by atoms with Crippen molar-refractivity contribution in [2.24, 2.45) is 5.92 Å². The maximum atomic E-state index is 11.4. The van der Waals surface area contributed by atoms with Crippen LogP contribution in [0.3, 0.4) is 0 Å². The third kappa shape index (κ3) is 5.25. The topological polar surface area (TPSA) is 29.1 Å². The predicted molar refractivity (Wildman–Crippen MR) is 60.9 cm³/mol. The van der Waals surface area contributed by atoms with Gasteiger partial charge in [-0.25, -0.2) is 0 Å². The lowest BCUT2D eigenvalue weighted by molar-refractivity contribution is -0.119. The van der Waals surface area contributed by atoms with E-state index in [1.165, 1.54) is 0 Å². The Morgan fingerprint density at radius 3 is 2.36 bits per heavy atom. The van der Waals surface area contributed by atoms with Gasteiger partial charge in [-0.05, 0) is 18.8 Å². The van der Waals surface area contributed by atoms with Crippen LogP contribution in [-0.4, -0.2) is 11.9 Å². The molecular weight excluding hydrogens is 174 g/mol. The van der Waals surface area contributed by atoms with Crippen molar-refractivity contribution in [3.8, 4) is 0 Å². The van der Waals surface area contributed by atoms with Crippen LogP contribution >= 0.6 is 0 Å². The Hall–Kier alpha value is -0.530. The average Bonchev–Trinajstić information content (AvgIpc) is 2.21. The third-order valence-corrected chi connectivity index (χ3v) is 2.72. The fourth-order valence-corrected chi connectivity index (χ4v) is 1.45. The first-order valence-corrected chi connectivity index (χ1v) is 5.79. The maximum Gasteiger partial charge on any atom is 0.224 e. The summed E-state index contributed by atoms with van der Waals surface area (Å²) in [5, 5.41) is 3.06. The first-order valence-electron chi connectivity index (χ1n) is 5.79. The van der Waals surface area contributed by atoms with Gasteiger partial charge in [-0.3, -0.25) is 4.79 Å². The second-order valence-corrected chi connectivity index (χ2v) is 3.90. The van der Waals surface area contributed by atoms with E-state index in [2.05, 4.69) is 33.0 Å². The predicted octanol–water partition coefficient (Wildman–Crippen LogP) is 2.93. The lowest BCUT2D eigenvalue weighted by Crippen LogP contribution is -2.38. The van der Waals surface area contributed by atoms with Crippen molar-refractivity contribution >= 4 is 5.91 Å². The largest absolute Gasteiger partial charge is 0.353 e. The van der Waals surface area contributed by atoms with Crippen molar-refractivity contribution in [3.05, 3.63) is 6.42 Å². The first kappa shape index (κ1) is 13.5. The molecule has 2 nitrogen and oxygen atoms in total. The zero-order chi connectivity index (χ0) is 11.0. The Morgan fingerprint density at radius 2 is 1.93 bits per heavy atom. The molecule has 0 aliphatic rings. The van der Waals surface area contributed by atoms with Gasteiger partial charge < -0.3 is 5.32 Å². The molecule has 0 spiro atoms. The summed E-state index contributed by atoms with van der Waals surface area (Å²) >= 11 is 0. The number of hydrogen-bond donors (Lipinski definition) is 1. The molecule has 1 amide bonds. The molecule has 0 aromatic heterocycles. The Balaban J connectivity index is 3.85. The molecule has 1 N–H and O–H groups in total. The first-order chi connectivity index (χ1) is 6.65. The number of carbonyl (C=O) groups excluding carboxylic acids is 1. The summed E-state index contributed by atoms with van der Waals surface area (Å²) in [5.41, 5.74) is 0. The minimum atomic E-state index is 0.0963. The van der Waals surface area contributed by atoms with Crippen LogP contribution in [0.2, 0.25) is 0 Å². The molecule has 1 radical (unpaired) electrons. The summed E-state index contributed by atoms with van der Waals surface area (Å²) in [6, 6.07) is 0.334. The lowest BCUT2D eigenvalue weighted by atomic mass is 9.97. The van der Waals surface area contributed by atoms with Gasteiger partial charge in [-0.2, -0.15) is 0 Å². The van der Waals surface area contributed by atoms with Crippen molar-refractivity contribution in [2.45, 2.75) is 59.4 Å². The van der Waals surface area contributed by atoms with Gasteiger partial charge in [0.1, 0.15) is 0 Å². The molecule has 0 heterocycles. The summed E-state index contributed by atoms with van der Waals surface area (Å²) in [6.45, 7) is 8.55. The van der Waals surface area contributed by atoms with Gasteiger partial charge in [-0.15, -0.1) is 0 Å². The highest BCUT2D eigenvalue weighted by atomic mass is 16.1. The van der Waals surface area contributed by atoms with Gasteiger partial charge in [0.05, 0.1) is 0 Å². The van der Waals surface area contributed by atoms with Gasteiger partial charge in [0.15, 0.2) is 0 Å². The van der Waals surface area contributed by atoms with Gasteiger partial charge in [0.25, 0.3) is 0 Å². The average molecular weight is 198 g/mol. The van der Waals surface area contributed by atoms with Crippen molar-refractivity contribution in [3.63, 3.8) is 0 Å². The Kier molecular flexibility index (Phi) is 7.54. The molecule has 0 saturated carbocycles. The van der Waals surface area contributed by atoms with Crippen LogP contribution in [0.5, 0.6) is 0 Å². The Morgan fingerprint density at radius 1 is 1.29 bits per heavy atom. The highest BCUT2D eigenvalue weighted by Crippen LogP contribution is 2.10. The zero-order valence-electron chi connectivity index (χ0n) is 9.97. The van der Waals surface area contributed by atoms with Gasteiger partial charge >= 0.3 is 0 Å². The monoisotopic (exact) mass is 198 g/mol. The van der Waals surface area contributed by atoms with Crippen molar-refractivity contribution < 1.29 is 4.79 Å². The molecule has 2 unspecified atom stereocenters. The summed E-state index contributed by atoms with van der Waals surface area (Å²) in [5.74, 6) is 0.665. The molecule has 2 heteroatoms. The molecule has 0 aliphatic heterocycles. The molecule has 83 valence electrons. The second kappa shape index (κ2) is 7.84. The quantitative estimate of drug-likeness (QED) is 0.669. The smallest absolute Gasteiger partial charge is 0.224 e. The molecule has 0 aromatic carbocycles. The van der Waals surface area contributed by atoms with E-state index in [1.54, 1.807) is 6.42 Å². The molecule has 0 fully saturated rings. The summed E-state index contributed by atoms with van der Waals surface area (Å²) < 4.78 is 0. The number of carbonyl (C=O) groups is 1. The van der Waals surface area contributed by atoms with Crippen LogP contribution in [0.15, 0.2) is 0 Å². The number of rotatable bonds is 7. The lowest BCUT2D eigenvalue weighted by Gasteiger charge is -2.22. The highest BCUT2D eigenvalue weighted by molar-refractivity contribution is 5.84. The second-order valence-electron chi connectivity index (χ2n) is 3.90. The molecule has 14 heavy (non-hydrogen) atoms. The molecule has 0 aromatic rings. The zero-order valence-corrected chi connectivity index (χ0v) is 9.97. The Bertz CT molecular complexity index is 156. The van der Waals surface area contributed by atoms with E-state index in [9.17, 15) is 4.79 Å². The van der Waals surface area contributed by atoms with Crippen LogP contribution in [0.4, 0.5) is 0 Å². The standard InChI is InChI=1S/C12H24NO/c1-5-8-9-12(14)13-11(7-3)10(4)6-2/h9-11H,5-8H2,1-4H3,(H,13,14). The van der Waals surface area contributed by atoms with E-state index in [0.29, 0.717) is 12.0 Å². The van der Waals surface area contributed by atoms with Crippen LogP contribution in [0.1, 0.15) is 53.4 Å². The fourth-order valence-electron chi connectivity index (χ4n) is 1.45. The van der Waals surface area contributed by atoms with Crippen LogP contribution in [0.25, 0.3) is 0 Å². The number of unbranched alkanes of at least 4 members (excludes halogenated alkanes) is 1. The third-order valence-electron chi connectivity index (χ3n) is 2.72. The van der Waals surface area contributed by atoms with E-state index < -0.39 is 0 Å². The minimum Gasteiger partial charge on any atom is -0.353 e. The number of hydrogen-bond acceptors (Lipinski definition) is 1. The van der Waals surface area contributed by atoms with E-state index in [1.807, 2.05) is 0 Å². The van der Waals surface area contributed by atoms with Gasteiger partial charge in [0, 0.05) is 12.5 Å². The Labute approximate surface area is 88.5 Å². The van der Waals surface area contributed by atoms with Crippen molar-refractivity contribution in [2.75, 3.05) is 0 Å². The molecule has 0 bridgehead atoms. The summed E-state index contributed by atoms with van der Waals surface area (Å²) in [7, 11) is 0. The minimum absolute atomic E-state index is 0.0963. The molecule has 0 aliphatic carbocycles. The molecular formula is C12H24NO. The summed E-state index contributed by atoms with van der Waals surface area (Å²) in [4.78, 5) is 11.4. The SMILES string of the molecule is CCC[CH]C(=O)NC(CC)C(C)CC. The van der Waals surface area contributed by atoms with Gasteiger partial charge in [-0.1, -0.05) is 40.5 Å². The van der Waals surface area contributed by atoms with Crippen molar-refractivity contribution in [1.29, 1.82) is 0 Å². The van der Waals surface area contributed by atoms with E-state index in [-0.39, 0.29) is 5.91 Å². The molecule has 0 rings (SSSR count). The summed E-state index contributed by atoms with van der Waals surface area (Å²) in [6.07, 6.45) is 5.80. The highest BCUT2D eigenvalue weighted by Gasteiger charge is 2.15. The number of nitrogens with one attached hydrogen (secondary N) is 1. The van der Waals surface area contributed by atoms with E-state index >= 15 is 0 Å².